The summed E-state index contributed by atoms with van der Waals surface area (Å²) >= 11 is 0. The molecule has 0 heterocycles. The zero-order valence-corrected chi connectivity index (χ0v) is 13.2. The zero-order valence-electron chi connectivity index (χ0n) is 13.2. The van der Waals surface area contributed by atoms with Crippen molar-refractivity contribution in [2.45, 2.75) is 64.8 Å². The summed E-state index contributed by atoms with van der Waals surface area (Å²) in [7, 11) is 2.11. The Labute approximate surface area is 118 Å². The predicted molar refractivity (Wildman–Crippen MR) is 83.8 cm³/mol. The van der Waals surface area contributed by atoms with Crippen molar-refractivity contribution in [3.63, 3.8) is 0 Å². The molecule has 1 N–H and O–H groups in total. The van der Waals surface area contributed by atoms with E-state index in [1.54, 1.807) is 0 Å². The monoisotopic (exact) mass is 259 g/mol. The van der Waals surface area contributed by atoms with Crippen LogP contribution in [-0.2, 0) is 0 Å². The molecule has 106 valence electrons. The lowest BCUT2D eigenvalue weighted by atomic mass is 9.75. The van der Waals surface area contributed by atoms with Gasteiger partial charge in [-0.3, -0.25) is 0 Å². The Kier molecular flexibility index (Phi) is 4.67. The van der Waals surface area contributed by atoms with E-state index in [4.69, 9.17) is 0 Å². The molecule has 0 aromatic heterocycles. The van der Waals surface area contributed by atoms with Crippen molar-refractivity contribution in [3.8, 4) is 0 Å². The molecule has 1 aromatic carbocycles. The maximum Gasteiger partial charge on any atom is 0.0348 e. The van der Waals surface area contributed by atoms with Crippen LogP contribution in [0.4, 0.5) is 0 Å². The van der Waals surface area contributed by atoms with E-state index in [9.17, 15) is 0 Å². The van der Waals surface area contributed by atoms with Gasteiger partial charge in [0.25, 0.3) is 0 Å². The van der Waals surface area contributed by atoms with Crippen molar-refractivity contribution in [1.29, 1.82) is 0 Å². The summed E-state index contributed by atoms with van der Waals surface area (Å²) < 4.78 is 0. The third-order valence-electron chi connectivity index (χ3n) is 4.67. The van der Waals surface area contributed by atoms with Gasteiger partial charge in [0.1, 0.15) is 0 Å². The second-order valence-electron chi connectivity index (χ2n) is 6.66. The van der Waals surface area contributed by atoms with Gasteiger partial charge in [-0.2, -0.15) is 0 Å². The minimum Gasteiger partial charge on any atom is -0.313 e. The quantitative estimate of drug-likeness (QED) is 0.785. The third kappa shape index (κ3) is 3.02. The summed E-state index contributed by atoms with van der Waals surface area (Å²) in [5.74, 6) is 2.06. The summed E-state index contributed by atoms with van der Waals surface area (Å²) in [4.78, 5) is 0. The van der Waals surface area contributed by atoms with E-state index in [0.29, 0.717) is 17.9 Å². The molecule has 0 aliphatic heterocycles. The van der Waals surface area contributed by atoms with Crippen LogP contribution in [0.2, 0.25) is 0 Å². The predicted octanol–water partition coefficient (Wildman–Crippen LogP) is 4.99. The van der Waals surface area contributed by atoms with Gasteiger partial charge in [-0.05, 0) is 54.3 Å². The molecular weight excluding hydrogens is 230 g/mol. The maximum absolute atomic E-state index is 3.56. The molecule has 1 unspecified atom stereocenters. The Bertz CT molecular complexity index is 416. The molecule has 1 heteroatoms. The third-order valence-corrected chi connectivity index (χ3v) is 4.67. The number of hydrogen-bond donors (Lipinski definition) is 1. The summed E-state index contributed by atoms with van der Waals surface area (Å²) in [5.41, 5.74) is 4.54. The molecule has 0 amide bonds. The van der Waals surface area contributed by atoms with Gasteiger partial charge < -0.3 is 5.32 Å². The van der Waals surface area contributed by atoms with E-state index >= 15 is 0 Å². The number of benzene rings is 1. The Morgan fingerprint density at radius 1 is 1.00 bits per heavy atom. The minimum atomic E-state index is 0.548. The van der Waals surface area contributed by atoms with Gasteiger partial charge in [0.2, 0.25) is 0 Å². The molecular formula is C18H29N. The maximum atomic E-state index is 3.56. The van der Waals surface area contributed by atoms with Crippen LogP contribution in [0.25, 0.3) is 0 Å². The van der Waals surface area contributed by atoms with Gasteiger partial charge in [-0.25, -0.2) is 0 Å². The fourth-order valence-corrected chi connectivity index (χ4v) is 3.15. The summed E-state index contributed by atoms with van der Waals surface area (Å²) in [6.07, 6.45) is 4.17. The molecule has 1 atom stereocenters. The highest BCUT2D eigenvalue weighted by atomic mass is 14.9. The van der Waals surface area contributed by atoms with Crippen molar-refractivity contribution >= 4 is 0 Å². The Morgan fingerprint density at radius 2 is 1.68 bits per heavy atom. The molecule has 1 saturated carbocycles. The molecule has 1 fully saturated rings. The molecule has 2 rings (SSSR count). The van der Waals surface area contributed by atoms with E-state index in [-0.39, 0.29) is 0 Å². The normalized spacial score (nSPS) is 17.8. The lowest BCUT2D eigenvalue weighted by molar-refractivity contribution is 0.238. The highest BCUT2D eigenvalue weighted by molar-refractivity contribution is 5.38. The average Bonchev–Trinajstić information content (AvgIpc) is 2.32. The van der Waals surface area contributed by atoms with Gasteiger partial charge in [-0.1, -0.05) is 52.3 Å². The summed E-state index contributed by atoms with van der Waals surface area (Å²) in [5, 5.41) is 3.56. The Morgan fingerprint density at radius 3 is 2.11 bits per heavy atom. The first-order valence-electron chi connectivity index (χ1n) is 7.85. The molecule has 1 aliphatic rings. The fourth-order valence-electron chi connectivity index (χ4n) is 3.15. The smallest absolute Gasteiger partial charge is 0.0348 e. The van der Waals surface area contributed by atoms with Crippen LogP contribution in [0.3, 0.4) is 0 Å². The van der Waals surface area contributed by atoms with E-state index in [1.807, 2.05) is 0 Å². The second kappa shape index (κ2) is 6.09. The lowest BCUT2D eigenvalue weighted by Gasteiger charge is -2.35. The molecule has 0 spiro atoms. The largest absolute Gasteiger partial charge is 0.313 e. The molecule has 0 saturated heterocycles. The molecule has 1 nitrogen and oxygen atoms in total. The average molecular weight is 259 g/mol. The molecule has 0 radical (unpaired) electrons. The standard InChI is InChI=1S/C18H29N/c1-12(2)15-9-10-16(17(11-15)13(3)4)18(19-5)14-7-6-8-14/h9-14,18-19H,6-8H2,1-5H3. The van der Waals surface area contributed by atoms with Gasteiger partial charge in [0.05, 0.1) is 0 Å². The van der Waals surface area contributed by atoms with E-state index in [2.05, 4.69) is 58.3 Å². The Balaban J connectivity index is 2.37. The summed E-state index contributed by atoms with van der Waals surface area (Å²) in [6, 6.07) is 7.69. The first-order chi connectivity index (χ1) is 9.04. The first-order valence-corrected chi connectivity index (χ1v) is 7.85. The zero-order chi connectivity index (χ0) is 14.0. The van der Waals surface area contributed by atoms with Crippen molar-refractivity contribution in [2.24, 2.45) is 5.92 Å². The van der Waals surface area contributed by atoms with Crippen molar-refractivity contribution in [3.05, 3.63) is 34.9 Å². The van der Waals surface area contributed by atoms with E-state index in [1.165, 1.54) is 36.0 Å². The number of hydrogen-bond acceptors (Lipinski definition) is 1. The topological polar surface area (TPSA) is 12.0 Å². The van der Waals surface area contributed by atoms with Crippen molar-refractivity contribution < 1.29 is 0 Å². The molecule has 0 bridgehead atoms. The van der Waals surface area contributed by atoms with E-state index in [0.717, 1.165) is 5.92 Å². The lowest BCUT2D eigenvalue weighted by Crippen LogP contribution is -2.30. The summed E-state index contributed by atoms with van der Waals surface area (Å²) in [6.45, 7) is 9.19. The van der Waals surface area contributed by atoms with Crippen LogP contribution in [0.1, 0.15) is 81.5 Å². The van der Waals surface area contributed by atoms with Crippen LogP contribution >= 0.6 is 0 Å². The van der Waals surface area contributed by atoms with Crippen LogP contribution in [0.15, 0.2) is 18.2 Å². The van der Waals surface area contributed by atoms with Crippen LogP contribution in [-0.4, -0.2) is 7.05 Å². The van der Waals surface area contributed by atoms with Crippen molar-refractivity contribution in [2.75, 3.05) is 7.05 Å². The van der Waals surface area contributed by atoms with Gasteiger partial charge in [-0.15, -0.1) is 0 Å². The van der Waals surface area contributed by atoms with Crippen LogP contribution < -0.4 is 5.32 Å². The SMILES string of the molecule is CNC(c1ccc(C(C)C)cc1C(C)C)C1CCC1. The van der Waals surface area contributed by atoms with Crippen LogP contribution in [0.5, 0.6) is 0 Å². The van der Waals surface area contributed by atoms with Gasteiger partial charge in [0.15, 0.2) is 0 Å². The van der Waals surface area contributed by atoms with Crippen LogP contribution in [0, 0.1) is 5.92 Å². The molecule has 1 aliphatic carbocycles. The second-order valence-corrected chi connectivity index (χ2v) is 6.66. The highest BCUT2D eigenvalue weighted by Crippen LogP contribution is 2.40. The van der Waals surface area contributed by atoms with Crippen molar-refractivity contribution in [1.82, 2.24) is 5.32 Å². The van der Waals surface area contributed by atoms with Gasteiger partial charge in [0, 0.05) is 6.04 Å². The molecule has 1 aromatic rings. The first kappa shape index (κ1) is 14.6. The number of rotatable bonds is 5. The highest BCUT2D eigenvalue weighted by Gasteiger charge is 2.29. The van der Waals surface area contributed by atoms with E-state index < -0.39 is 0 Å². The fraction of sp³-hybridized carbons (Fsp3) is 0.667. The number of nitrogens with one attached hydrogen (secondary N) is 1. The van der Waals surface area contributed by atoms with Gasteiger partial charge >= 0.3 is 0 Å². The Hall–Kier alpha value is -0.820. The minimum absolute atomic E-state index is 0.548. The molecule has 19 heavy (non-hydrogen) atoms.